The molecule has 0 bridgehead atoms. The summed E-state index contributed by atoms with van der Waals surface area (Å²) in [5.74, 6) is -2.66. The molecule has 0 saturated carbocycles. The quantitative estimate of drug-likeness (QED) is 0.674. The van der Waals surface area contributed by atoms with Crippen molar-refractivity contribution >= 4 is 0 Å². The third-order valence-corrected chi connectivity index (χ3v) is 2.95. The van der Waals surface area contributed by atoms with Crippen LogP contribution in [-0.4, -0.2) is 23.4 Å². The number of hydrogen-bond donors (Lipinski definition) is 0. The number of likely N-dealkylation sites (tertiary alicyclic amines) is 1. The predicted molar refractivity (Wildman–Crippen MR) is 74.9 cm³/mol. The number of alkyl halides is 2. The van der Waals surface area contributed by atoms with Crippen LogP contribution in [0.15, 0.2) is 23.4 Å². The number of piperidine rings is 1. The van der Waals surface area contributed by atoms with E-state index in [-0.39, 0.29) is 18.0 Å². The average Bonchev–Trinajstić information content (AvgIpc) is 2.33. The van der Waals surface area contributed by atoms with Gasteiger partial charge in [0, 0.05) is 30.3 Å². The molecule has 0 unspecified atom stereocenters. The molecule has 0 amide bonds. The van der Waals surface area contributed by atoms with Gasteiger partial charge in [0.05, 0.1) is 0 Å². The van der Waals surface area contributed by atoms with Crippen molar-refractivity contribution in [2.75, 3.05) is 6.54 Å². The minimum Gasteiger partial charge on any atom is -0.369 e. The Balaban J connectivity index is 0.00000137. The largest absolute Gasteiger partial charge is 0.369 e. The highest BCUT2D eigenvalue weighted by molar-refractivity contribution is 5.38. The van der Waals surface area contributed by atoms with Crippen LogP contribution in [0.2, 0.25) is 0 Å². The fourth-order valence-corrected chi connectivity index (χ4v) is 2.17. The number of hydrogen-bond acceptors (Lipinski definition) is 1. The second kappa shape index (κ2) is 7.55. The molecule has 0 aromatic carbocycles. The normalized spacial score (nSPS) is 23.3. The van der Waals surface area contributed by atoms with Crippen molar-refractivity contribution in [1.29, 1.82) is 0 Å². The van der Waals surface area contributed by atoms with Crippen LogP contribution in [-0.2, 0) is 0 Å². The SMILES string of the molecule is C/C=C1\C(=C/CC)C(F)(F)CCN1C(C)C.CC. The van der Waals surface area contributed by atoms with E-state index < -0.39 is 5.92 Å². The van der Waals surface area contributed by atoms with Gasteiger partial charge >= 0.3 is 0 Å². The Morgan fingerprint density at radius 2 is 1.89 bits per heavy atom. The second-order valence-electron chi connectivity index (χ2n) is 4.44. The van der Waals surface area contributed by atoms with Crippen LogP contribution >= 0.6 is 0 Å². The van der Waals surface area contributed by atoms with Crippen LogP contribution in [0.3, 0.4) is 0 Å². The maximum atomic E-state index is 13.8. The lowest BCUT2D eigenvalue weighted by Gasteiger charge is -2.40. The third kappa shape index (κ3) is 3.82. The molecule has 1 aliphatic heterocycles. The Hall–Kier alpha value is -0.860. The molecule has 1 saturated heterocycles. The monoisotopic (exact) mass is 259 g/mol. The van der Waals surface area contributed by atoms with Gasteiger partial charge in [0.1, 0.15) is 0 Å². The summed E-state index contributed by atoms with van der Waals surface area (Å²) >= 11 is 0. The molecular weight excluding hydrogens is 232 g/mol. The second-order valence-corrected chi connectivity index (χ2v) is 4.44. The molecule has 1 aliphatic rings. The average molecular weight is 259 g/mol. The van der Waals surface area contributed by atoms with Gasteiger partial charge in [0.2, 0.25) is 0 Å². The molecule has 1 heterocycles. The summed E-state index contributed by atoms with van der Waals surface area (Å²) in [5.41, 5.74) is 0.908. The first-order valence-electron chi connectivity index (χ1n) is 6.95. The summed E-state index contributed by atoms with van der Waals surface area (Å²) in [6.07, 6.45) is 4.03. The van der Waals surface area contributed by atoms with Crippen LogP contribution in [0, 0.1) is 0 Å². The lowest BCUT2D eigenvalue weighted by Crippen LogP contribution is -2.43. The summed E-state index contributed by atoms with van der Waals surface area (Å²) in [6.45, 7) is 12.2. The highest BCUT2D eigenvalue weighted by atomic mass is 19.3. The van der Waals surface area contributed by atoms with Gasteiger partial charge in [-0.2, -0.15) is 0 Å². The molecule has 0 aliphatic carbocycles. The maximum Gasteiger partial charge on any atom is 0.276 e. The zero-order chi connectivity index (χ0) is 14.3. The van der Waals surface area contributed by atoms with E-state index in [9.17, 15) is 8.78 Å². The first kappa shape index (κ1) is 17.1. The lowest BCUT2D eigenvalue weighted by atomic mass is 9.94. The molecule has 0 spiro atoms. The highest BCUT2D eigenvalue weighted by Crippen LogP contribution is 2.40. The molecule has 0 N–H and O–H groups in total. The Labute approximate surface area is 111 Å². The summed E-state index contributed by atoms with van der Waals surface area (Å²) in [6, 6.07) is 0.266. The Kier molecular flexibility index (Phi) is 7.19. The smallest absolute Gasteiger partial charge is 0.276 e. The van der Waals surface area contributed by atoms with E-state index in [1.165, 1.54) is 0 Å². The van der Waals surface area contributed by atoms with Gasteiger partial charge in [-0.3, -0.25) is 0 Å². The number of rotatable bonds is 2. The van der Waals surface area contributed by atoms with E-state index in [2.05, 4.69) is 4.90 Å². The molecule has 0 aromatic rings. The highest BCUT2D eigenvalue weighted by Gasteiger charge is 2.41. The molecule has 0 radical (unpaired) electrons. The Bertz CT molecular complexity index is 304. The van der Waals surface area contributed by atoms with E-state index >= 15 is 0 Å². The van der Waals surface area contributed by atoms with E-state index in [0.29, 0.717) is 18.7 Å². The van der Waals surface area contributed by atoms with E-state index in [0.717, 1.165) is 0 Å². The topological polar surface area (TPSA) is 3.24 Å². The zero-order valence-corrected chi connectivity index (χ0v) is 12.6. The van der Waals surface area contributed by atoms with Crippen molar-refractivity contribution < 1.29 is 8.78 Å². The van der Waals surface area contributed by atoms with Crippen LogP contribution < -0.4 is 0 Å². The molecule has 0 atom stereocenters. The molecule has 1 fully saturated rings. The summed E-state index contributed by atoms with van der Waals surface area (Å²) in [4.78, 5) is 2.05. The lowest BCUT2D eigenvalue weighted by molar-refractivity contribution is 0.00297. The van der Waals surface area contributed by atoms with E-state index in [1.54, 1.807) is 12.2 Å². The van der Waals surface area contributed by atoms with E-state index in [1.807, 2.05) is 41.5 Å². The van der Waals surface area contributed by atoms with Gasteiger partial charge in [-0.05, 0) is 27.2 Å². The maximum absolute atomic E-state index is 13.8. The Morgan fingerprint density at radius 3 is 2.28 bits per heavy atom. The standard InChI is InChI=1S/C13H21F2N.C2H6/c1-5-7-11-12(6-2)16(10(3)4)9-8-13(11,14)15;1-2/h6-7,10H,5,8-9H2,1-4H3;1-2H3/b11-7+,12-6+;. The molecule has 3 heteroatoms. The number of allylic oxidation sites excluding steroid dienone is 3. The van der Waals surface area contributed by atoms with Crippen molar-refractivity contribution in [2.24, 2.45) is 0 Å². The van der Waals surface area contributed by atoms with Crippen LogP contribution in [0.4, 0.5) is 8.78 Å². The number of halogens is 2. The van der Waals surface area contributed by atoms with Crippen molar-refractivity contribution in [3.8, 4) is 0 Å². The van der Waals surface area contributed by atoms with Crippen molar-refractivity contribution in [1.82, 2.24) is 4.90 Å². The molecular formula is C15H27F2N. The molecule has 1 nitrogen and oxygen atoms in total. The van der Waals surface area contributed by atoms with Crippen LogP contribution in [0.5, 0.6) is 0 Å². The van der Waals surface area contributed by atoms with Crippen molar-refractivity contribution in [3.05, 3.63) is 23.4 Å². The van der Waals surface area contributed by atoms with Gasteiger partial charge in [-0.25, -0.2) is 8.78 Å². The summed E-state index contributed by atoms with van der Waals surface area (Å²) in [5, 5.41) is 0. The molecule has 18 heavy (non-hydrogen) atoms. The molecule has 0 aromatic heterocycles. The van der Waals surface area contributed by atoms with Gasteiger partial charge < -0.3 is 4.90 Å². The van der Waals surface area contributed by atoms with Gasteiger partial charge in [-0.1, -0.05) is 32.9 Å². The van der Waals surface area contributed by atoms with Crippen molar-refractivity contribution in [3.63, 3.8) is 0 Å². The first-order valence-corrected chi connectivity index (χ1v) is 6.95. The van der Waals surface area contributed by atoms with Gasteiger partial charge in [0.15, 0.2) is 0 Å². The third-order valence-electron chi connectivity index (χ3n) is 2.95. The summed E-state index contributed by atoms with van der Waals surface area (Å²) < 4.78 is 27.6. The van der Waals surface area contributed by atoms with Crippen LogP contribution in [0.1, 0.15) is 54.4 Å². The summed E-state index contributed by atoms with van der Waals surface area (Å²) in [7, 11) is 0. The zero-order valence-electron chi connectivity index (χ0n) is 12.6. The molecule has 1 rings (SSSR count). The van der Waals surface area contributed by atoms with Crippen LogP contribution in [0.25, 0.3) is 0 Å². The Morgan fingerprint density at radius 1 is 1.33 bits per heavy atom. The number of nitrogens with zero attached hydrogens (tertiary/aromatic N) is 1. The molecule has 106 valence electrons. The van der Waals surface area contributed by atoms with Gasteiger partial charge in [-0.15, -0.1) is 0 Å². The van der Waals surface area contributed by atoms with E-state index in [4.69, 9.17) is 0 Å². The fraction of sp³-hybridized carbons (Fsp3) is 0.733. The first-order chi connectivity index (χ1) is 8.44. The van der Waals surface area contributed by atoms with Crippen molar-refractivity contribution in [2.45, 2.75) is 66.3 Å². The minimum absolute atomic E-state index is 0.0750. The fourth-order valence-electron chi connectivity index (χ4n) is 2.17. The minimum atomic E-state index is -2.66. The van der Waals surface area contributed by atoms with Gasteiger partial charge in [0.25, 0.3) is 5.92 Å². The predicted octanol–water partition coefficient (Wildman–Crippen LogP) is 5.00.